The molecule has 0 amide bonds. The molecule has 1 N–H and O–H groups in total. The summed E-state index contributed by atoms with van der Waals surface area (Å²) in [5, 5.41) is 10.6. The van der Waals surface area contributed by atoms with Gasteiger partial charge in [-0.3, -0.25) is 4.79 Å². The van der Waals surface area contributed by atoms with Crippen molar-refractivity contribution in [3.63, 3.8) is 0 Å². The number of hydrogen-bond donors (Lipinski definition) is 1. The summed E-state index contributed by atoms with van der Waals surface area (Å²) in [6.45, 7) is 8.83. The first-order chi connectivity index (χ1) is 10.7. The van der Waals surface area contributed by atoms with Crippen LogP contribution in [0.15, 0.2) is 12.2 Å². The van der Waals surface area contributed by atoms with Crippen molar-refractivity contribution in [2.75, 3.05) is 13.7 Å². The highest BCUT2D eigenvalue weighted by atomic mass is 16.5. The Balaban J connectivity index is 4.92. The normalized spacial score (nSPS) is 18.0. The van der Waals surface area contributed by atoms with Gasteiger partial charge in [0.25, 0.3) is 0 Å². The topological polar surface area (TPSA) is 82.1 Å². The molecular formula is C17H30O6. The summed E-state index contributed by atoms with van der Waals surface area (Å²) in [4.78, 5) is 22.5. The summed E-state index contributed by atoms with van der Waals surface area (Å²) in [6.07, 6.45) is 2.79. The van der Waals surface area contributed by atoms with Gasteiger partial charge < -0.3 is 19.3 Å². The van der Waals surface area contributed by atoms with E-state index in [0.29, 0.717) is 12.8 Å². The number of aliphatic hydroxyl groups excluding tert-OH is 1. The van der Waals surface area contributed by atoms with Crippen LogP contribution in [-0.4, -0.2) is 48.6 Å². The standard InChI is InChI=1S/C17H30O6/c1-7-14(23-13(4)18)11-12(3)16(20)17(5,21-6)10-9-15(19)22-8-2/h9-10,12,14,16,20H,7-8,11H2,1-6H3/b10-9+/t12-,14+,16-,17+/m0/s1. The van der Waals surface area contributed by atoms with E-state index in [2.05, 4.69) is 0 Å². The van der Waals surface area contributed by atoms with Crippen LogP contribution in [0.25, 0.3) is 0 Å². The van der Waals surface area contributed by atoms with E-state index >= 15 is 0 Å². The smallest absolute Gasteiger partial charge is 0.330 e. The van der Waals surface area contributed by atoms with E-state index in [9.17, 15) is 14.7 Å². The summed E-state index contributed by atoms with van der Waals surface area (Å²) in [5.74, 6) is -1.02. The lowest BCUT2D eigenvalue weighted by molar-refractivity contribution is -0.149. The minimum Gasteiger partial charge on any atom is -0.463 e. The quantitative estimate of drug-likeness (QED) is 0.489. The summed E-state index contributed by atoms with van der Waals surface area (Å²) in [7, 11) is 1.47. The first-order valence-corrected chi connectivity index (χ1v) is 7.96. The van der Waals surface area contributed by atoms with Crippen molar-refractivity contribution in [3.8, 4) is 0 Å². The fourth-order valence-corrected chi connectivity index (χ4v) is 2.35. The third-order valence-corrected chi connectivity index (χ3v) is 3.83. The highest BCUT2D eigenvalue weighted by Gasteiger charge is 2.35. The number of carbonyl (C=O) groups excluding carboxylic acids is 2. The van der Waals surface area contributed by atoms with Crippen LogP contribution in [0.2, 0.25) is 0 Å². The monoisotopic (exact) mass is 330 g/mol. The van der Waals surface area contributed by atoms with E-state index in [1.54, 1.807) is 13.8 Å². The van der Waals surface area contributed by atoms with Crippen molar-refractivity contribution >= 4 is 11.9 Å². The van der Waals surface area contributed by atoms with Crippen molar-refractivity contribution in [1.82, 2.24) is 0 Å². The van der Waals surface area contributed by atoms with Crippen LogP contribution in [0.3, 0.4) is 0 Å². The molecule has 0 saturated heterocycles. The Morgan fingerprint density at radius 3 is 2.35 bits per heavy atom. The van der Waals surface area contributed by atoms with Crippen LogP contribution >= 0.6 is 0 Å². The van der Waals surface area contributed by atoms with E-state index in [-0.39, 0.29) is 24.6 Å². The lowest BCUT2D eigenvalue weighted by Crippen LogP contribution is -2.44. The molecule has 23 heavy (non-hydrogen) atoms. The number of carbonyl (C=O) groups is 2. The molecule has 4 atom stereocenters. The summed E-state index contributed by atoms with van der Waals surface area (Å²) < 4.78 is 15.4. The van der Waals surface area contributed by atoms with Crippen LogP contribution < -0.4 is 0 Å². The first-order valence-electron chi connectivity index (χ1n) is 7.96. The Labute approximate surface area is 138 Å². The van der Waals surface area contributed by atoms with Gasteiger partial charge in [-0.25, -0.2) is 4.79 Å². The van der Waals surface area contributed by atoms with Crippen LogP contribution in [0.5, 0.6) is 0 Å². The fourth-order valence-electron chi connectivity index (χ4n) is 2.35. The molecule has 6 heteroatoms. The van der Waals surface area contributed by atoms with Crippen LogP contribution in [0.1, 0.15) is 47.5 Å². The summed E-state index contributed by atoms with van der Waals surface area (Å²) >= 11 is 0. The van der Waals surface area contributed by atoms with Gasteiger partial charge in [0.05, 0.1) is 12.7 Å². The van der Waals surface area contributed by atoms with Crippen molar-refractivity contribution in [3.05, 3.63) is 12.2 Å². The number of ether oxygens (including phenoxy) is 3. The molecule has 0 aromatic carbocycles. The van der Waals surface area contributed by atoms with E-state index in [1.165, 1.54) is 26.2 Å². The number of hydrogen-bond acceptors (Lipinski definition) is 6. The summed E-state index contributed by atoms with van der Waals surface area (Å²) in [5.41, 5.74) is -1.04. The van der Waals surface area contributed by atoms with Gasteiger partial charge >= 0.3 is 11.9 Å². The molecule has 0 bridgehead atoms. The van der Waals surface area contributed by atoms with Crippen LogP contribution in [-0.2, 0) is 23.8 Å². The Kier molecular flexibility index (Phi) is 9.76. The zero-order chi connectivity index (χ0) is 18.0. The van der Waals surface area contributed by atoms with Gasteiger partial charge in [-0.15, -0.1) is 0 Å². The average Bonchev–Trinajstić information content (AvgIpc) is 2.50. The maximum absolute atomic E-state index is 11.4. The number of esters is 2. The molecule has 134 valence electrons. The molecular weight excluding hydrogens is 300 g/mol. The van der Waals surface area contributed by atoms with Crippen LogP contribution in [0.4, 0.5) is 0 Å². The maximum Gasteiger partial charge on any atom is 0.330 e. The van der Waals surface area contributed by atoms with Gasteiger partial charge in [0, 0.05) is 20.1 Å². The molecule has 0 aliphatic rings. The van der Waals surface area contributed by atoms with Gasteiger partial charge in [0.2, 0.25) is 0 Å². The van der Waals surface area contributed by atoms with E-state index in [1.807, 2.05) is 13.8 Å². The molecule has 0 saturated carbocycles. The number of methoxy groups -OCH3 is 1. The van der Waals surface area contributed by atoms with E-state index in [0.717, 1.165) is 0 Å². The molecule has 0 fully saturated rings. The molecule has 0 aliphatic carbocycles. The maximum atomic E-state index is 11.4. The second-order valence-corrected chi connectivity index (χ2v) is 5.77. The summed E-state index contributed by atoms with van der Waals surface area (Å²) in [6, 6.07) is 0. The third kappa shape index (κ3) is 7.61. The molecule has 6 nitrogen and oxygen atoms in total. The molecule has 0 spiro atoms. The molecule has 0 unspecified atom stereocenters. The highest BCUT2D eigenvalue weighted by molar-refractivity contribution is 5.82. The predicted octanol–water partition coefficient (Wildman–Crippen LogP) is 2.24. The Morgan fingerprint density at radius 1 is 1.30 bits per heavy atom. The van der Waals surface area contributed by atoms with Crippen molar-refractivity contribution in [2.24, 2.45) is 5.92 Å². The van der Waals surface area contributed by atoms with Crippen molar-refractivity contribution in [2.45, 2.75) is 65.3 Å². The average molecular weight is 330 g/mol. The lowest BCUT2D eigenvalue weighted by atomic mass is 9.85. The Hall–Kier alpha value is -1.40. The molecule has 0 radical (unpaired) electrons. The minimum absolute atomic E-state index is 0.198. The van der Waals surface area contributed by atoms with E-state index < -0.39 is 17.7 Å². The van der Waals surface area contributed by atoms with Crippen LogP contribution in [0, 0.1) is 5.92 Å². The van der Waals surface area contributed by atoms with Gasteiger partial charge in [0.1, 0.15) is 11.7 Å². The largest absolute Gasteiger partial charge is 0.463 e. The molecule has 0 heterocycles. The second-order valence-electron chi connectivity index (χ2n) is 5.77. The minimum atomic E-state index is -1.04. The van der Waals surface area contributed by atoms with Gasteiger partial charge in [-0.2, -0.15) is 0 Å². The van der Waals surface area contributed by atoms with Crippen molar-refractivity contribution < 1.29 is 28.9 Å². The third-order valence-electron chi connectivity index (χ3n) is 3.83. The first kappa shape index (κ1) is 21.6. The molecule has 0 aromatic rings. The van der Waals surface area contributed by atoms with Crippen molar-refractivity contribution in [1.29, 1.82) is 0 Å². The number of aliphatic hydroxyl groups is 1. The Morgan fingerprint density at radius 2 is 1.91 bits per heavy atom. The predicted molar refractivity (Wildman–Crippen MR) is 86.8 cm³/mol. The highest BCUT2D eigenvalue weighted by Crippen LogP contribution is 2.27. The van der Waals surface area contributed by atoms with Gasteiger partial charge in [-0.1, -0.05) is 13.8 Å². The van der Waals surface area contributed by atoms with Gasteiger partial charge in [0.15, 0.2) is 0 Å². The molecule has 0 rings (SSSR count). The molecule has 0 aliphatic heterocycles. The lowest BCUT2D eigenvalue weighted by Gasteiger charge is -2.35. The number of rotatable bonds is 10. The molecule has 0 aromatic heterocycles. The van der Waals surface area contributed by atoms with Gasteiger partial charge in [-0.05, 0) is 38.7 Å². The fraction of sp³-hybridized carbons (Fsp3) is 0.765. The van der Waals surface area contributed by atoms with E-state index in [4.69, 9.17) is 14.2 Å². The zero-order valence-electron chi connectivity index (χ0n) is 15.0. The zero-order valence-corrected chi connectivity index (χ0v) is 15.0. The second kappa shape index (κ2) is 10.4. The SMILES string of the molecule is CCOC(=O)/C=C/[C@@](C)(OC)[C@@H](O)[C@@H](C)C[C@@H](CC)OC(C)=O. The Bertz CT molecular complexity index is 406.